The molecule has 0 radical (unpaired) electrons. The summed E-state index contributed by atoms with van der Waals surface area (Å²) in [5, 5.41) is 7.55. The van der Waals surface area contributed by atoms with E-state index in [1.807, 2.05) is 18.3 Å². The number of fused-ring (bicyclic) bond motifs is 1. The molecule has 9 heteroatoms. The molecule has 0 bridgehead atoms. The summed E-state index contributed by atoms with van der Waals surface area (Å²) in [6.45, 7) is 2.13. The summed E-state index contributed by atoms with van der Waals surface area (Å²) < 4.78 is 2.13. The molecule has 2 aliphatic rings. The highest BCUT2D eigenvalue weighted by Gasteiger charge is 2.26. The molecule has 1 saturated carbocycles. The van der Waals surface area contributed by atoms with Crippen LogP contribution in [0, 0.1) is 0 Å². The number of nitrogens with one attached hydrogen (secondary N) is 2. The minimum atomic E-state index is -0.000391. The Hall–Kier alpha value is -2.71. The minimum Gasteiger partial charge on any atom is -0.343 e. The predicted molar refractivity (Wildman–Crippen MR) is 133 cm³/mol. The quantitative estimate of drug-likeness (QED) is 0.580. The first-order chi connectivity index (χ1) is 15.6. The van der Waals surface area contributed by atoms with Gasteiger partial charge in [0.2, 0.25) is 5.95 Å². The lowest BCUT2D eigenvalue weighted by molar-refractivity contribution is 0.0815. The van der Waals surface area contributed by atoms with Crippen molar-refractivity contribution in [1.29, 1.82) is 0 Å². The summed E-state index contributed by atoms with van der Waals surface area (Å²) in [5.74, 6) is 1.80. The Labute approximate surface area is 200 Å². The number of carbonyl (C=O) groups excluding carboxylic acids is 1. The number of anilines is 2. The lowest BCUT2D eigenvalue weighted by Crippen LogP contribution is -2.26. The molecule has 8 nitrogen and oxygen atoms in total. The second-order valence-corrected chi connectivity index (χ2v) is 9.14. The summed E-state index contributed by atoms with van der Waals surface area (Å²) in [7, 11) is 3.58. The van der Waals surface area contributed by atoms with Crippen molar-refractivity contribution < 1.29 is 4.79 Å². The third kappa shape index (κ3) is 4.82. The van der Waals surface area contributed by atoms with Gasteiger partial charge in [-0.25, -0.2) is 9.97 Å². The Morgan fingerprint density at radius 2 is 1.85 bits per heavy atom. The normalized spacial score (nSPS) is 17.2. The summed E-state index contributed by atoms with van der Waals surface area (Å²) >= 11 is 0. The summed E-state index contributed by atoms with van der Waals surface area (Å²) in [6.07, 6.45) is 10.6. The molecule has 1 amide bonds. The molecule has 1 aliphatic carbocycles. The molecule has 3 aromatic heterocycles. The van der Waals surface area contributed by atoms with Crippen LogP contribution in [0.3, 0.4) is 0 Å². The standard InChI is InChI=1S/C24H31N7O.ClH/c1-30(2)23(32)20-13-18-15-27-24(29-22(18)31(20)19-5-3-4-6-19)28-21-8-7-17(14-26-21)16-9-11-25-12-10-16;/h7-8,13-16,19,25H,3-6,9-12H2,1-2H3,(H,26,27,28,29);1H. The van der Waals surface area contributed by atoms with Crippen molar-refractivity contribution in [3.8, 4) is 0 Å². The van der Waals surface area contributed by atoms with E-state index < -0.39 is 0 Å². The molecule has 0 spiro atoms. The van der Waals surface area contributed by atoms with E-state index in [2.05, 4.69) is 31.2 Å². The molecule has 0 aromatic carbocycles. The lowest BCUT2D eigenvalue weighted by atomic mass is 9.91. The highest BCUT2D eigenvalue weighted by atomic mass is 35.5. The Kier molecular flexibility index (Phi) is 7.14. The van der Waals surface area contributed by atoms with Crippen LogP contribution in [-0.2, 0) is 0 Å². The zero-order chi connectivity index (χ0) is 22.1. The summed E-state index contributed by atoms with van der Waals surface area (Å²) in [6, 6.07) is 6.38. The molecule has 1 aliphatic heterocycles. The SMILES string of the molecule is CN(C)C(=O)c1cc2cnc(Nc3ccc(C4CCNCC4)cn3)nc2n1C1CCCC1.Cl. The largest absolute Gasteiger partial charge is 0.343 e. The molecule has 33 heavy (non-hydrogen) atoms. The Balaban J connectivity index is 0.00000259. The fraction of sp³-hybridized carbons (Fsp3) is 0.500. The molecule has 2 N–H and O–H groups in total. The highest BCUT2D eigenvalue weighted by molar-refractivity contribution is 5.97. The maximum Gasteiger partial charge on any atom is 0.270 e. The molecule has 2 fully saturated rings. The number of amides is 1. The van der Waals surface area contributed by atoms with E-state index in [0.717, 1.165) is 55.6 Å². The van der Waals surface area contributed by atoms with Gasteiger partial charge in [0.25, 0.3) is 5.91 Å². The fourth-order valence-electron chi connectivity index (χ4n) is 4.98. The van der Waals surface area contributed by atoms with Crippen LogP contribution in [0.1, 0.15) is 66.5 Å². The molecule has 1 saturated heterocycles. The summed E-state index contributed by atoms with van der Waals surface area (Å²) in [4.78, 5) is 28.4. The number of piperidine rings is 1. The minimum absolute atomic E-state index is 0. The first-order valence-electron chi connectivity index (χ1n) is 11.6. The van der Waals surface area contributed by atoms with Crippen LogP contribution in [-0.4, -0.2) is 57.5 Å². The smallest absolute Gasteiger partial charge is 0.270 e. The zero-order valence-electron chi connectivity index (χ0n) is 19.3. The third-order valence-electron chi connectivity index (χ3n) is 6.73. The van der Waals surface area contributed by atoms with Crippen molar-refractivity contribution in [2.75, 3.05) is 32.5 Å². The van der Waals surface area contributed by atoms with Gasteiger partial charge in [-0.15, -0.1) is 12.4 Å². The Morgan fingerprint density at radius 1 is 1.09 bits per heavy atom. The Morgan fingerprint density at radius 3 is 2.52 bits per heavy atom. The number of hydrogen-bond acceptors (Lipinski definition) is 6. The van der Waals surface area contributed by atoms with Gasteiger partial charge in [0, 0.05) is 37.9 Å². The van der Waals surface area contributed by atoms with Crippen LogP contribution in [0.4, 0.5) is 11.8 Å². The van der Waals surface area contributed by atoms with Crippen LogP contribution < -0.4 is 10.6 Å². The monoisotopic (exact) mass is 469 g/mol. The summed E-state index contributed by atoms with van der Waals surface area (Å²) in [5.41, 5.74) is 2.79. The van der Waals surface area contributed by atoms with Gasteiger partial charge in [0.15, 0.2) is 0 Å². The molecular weight excluding hydrogens is 438 g/mol. The van der Waals surface area contributed by atoms with E-state index >= 15 is 0 Å². The first kappa shape index (κ1) is 23.4. The van der Waals surface area contributed by atoms with Crippen molar-refractivity contribution in [2.24, 2.45) is 0 Å². The number of aromatic nitrogens is 4. The molecule has 5 rings (SSSR count). The second-order valence-electron chi connectivity index (χ2n) is 9.14. The maximum atomic E-state index is 12.9. The lowest BCUT2D eigenvalue weighted by Gasteiger charge is -2.22. The van der Waals surface area contributed by atoms with Gasteiger partial charge in [-0.1, -0.05) is 18.9 Å². The number of hydrogen-bond donors (Lipinski definition) is 2. The van der Waals surface area contributed by atoms with Crippen LogP contribution in [0.5, 0.6) is 0 Å². The van der Waals surface area contributed by atoms with Crippen molar-refractivity contribution in [1.82, 2.24) is 29.7 Å². The molecule has 0 unspecified atom stereocenters. The topological polar surface area (TPSA) is 88.0 Å². The number of carbonyl (C=O) groups is 1. The number of rotatable bonds is 5. The third-order valence-corrected chi connectivity index (χ3v) is 6.73. The van der Waals surface area contributed by atoms with Crippen LogP contribution >= 0.6 is 12.4 Å². The van der Waals surface area contributed by atoms with E-state index in [4.69, 9.17) is 4.98 Å². The second kappa shape index (κ2) is 10.1. The van der Waals surface area contributed by atoms with E-state index in [1.165, 1.54) is 18.4 Å². The van der Waals surface area contributed by atoms with Crippen molar-refractivity contribution >= 4 is 41.1 Å². The van der Waals surface area contributed by atoms with E-state index in [-0.39, 0.29) is 18.3 Å². The molecule has 4 heterocycles. The van der Waals surface area contributed by atoms with Gasteiger partial charge in [-0.05, 0) is 62.4 Å². The number of pyridine rings is 1. The highest BCUT2D eigenvalue weighted by Crippen LogP contribution is 2.35. The van der Waals surface area contributed by atoms with Crippen LogP contribution in [0.15, 0.2) is 30.6 Å². The van der Waals surface area contributed by atoms with Crippen LogP contribution in [0.2, 0.25) is 0 Å². The van der Waals surface area contributed by atoms with Crippen molar-refractivity contribution in [3.63, 3.8) is 0 Å². The van der Waals surface area contributed by atoms with Gasteiger partial charge >= 0.3 is 0 Å². The maximum absolute atomic E-state index is 12.9. The molecule has 176 valence electrons. The molecular formula is C24H32ClN7O. The average Bonchev–Trinajstić information content (AvgIpc) is 3.47. The fourth-order valence-corrected chi connectivity index (χ4v) is 4.98. The number of halogens is 1. The van der Waals surface area contributed by atoms with Crippen molar-refractivity contribution in [2.45, 2.75) is 50.5 Å². The molecule has 0 atom stereocenters. The van der Waals surface area contributed by atoms with E-state index in [1.54, 1.807) is 25.2 Å². The van der Waals surface area contributed by atoms with Gasteiger partial charge in [-0.2, -0.15) is 4.98 Å². The van der Waals surface area contributed by atoms with Gasteiger partial charge in [0.05, 0.1) is 0 Å². The average molecular weight is 470 g/mol. The van der Waals surface area contributed by atoms with Gasteiger partial charge in [-0.3, -0.25) is 4.79 Å². The zero-order valence-corrected chi connectivity index (χ0v) is 20.1. The van der Waals surface area contributed by atoms with Gasteiger partial charge < -0.3 is 20.1 Å². The van der Waals surface area contributed by atoms with E-state index in [0.29, 0.717) is 23.6 Å². The first-order valence-corrected chi connectivity index (χ1v) is 11.6. The van der Waals surface area contributed by atoms with Crippen molar-refractivity contribution in [3.05, 3.63) is 41.9 Å². The van der Waals surface area contributed by atoms with Crippen LogP contribution in [0.25, 0.3) is 11.0 Å². The van der Waals surface area contributed by atoms with E-state index in [9.17, 15) is 4.79 Å². The Bertz CT molecular complexity index is 1100. The predicted octanol–water partition coefficient (Wildman–Crippen LogP) is 4.28. The van der Waals surface area contributed by atoms with Gasteiger partial charge in [0.1, 0.15) is 17.2 Å². The number of nitrogens with zero attached hydrogens (tertiary/aromatic N) is 5. The molecule has 3 aromatic rings.